The standard InChI is InChI=1S/C16H25N3O/c1-16(10-11-16)9-7-15(20)18-14-8-12-17-19(14)13-5-3-2-4-6-13/h8,12-13H,2-7,9-11H2,1H3,(H,18,20). The van der Waals surface area contributed by atoms with Gasteiger partial charge in [0.25, 0.3) is 0 Å². The topological polar surface area (TPSA) is 46.9 Å². The van der Waals surface area contributed by atoms with E-state index in [1.54, 1.807) is 6.20 Å². The third-order valence-corrected chi connectivity index (χ3v) is 4.92. The maximum absolute atomic E-state index is 12.1. The molecule has 0 bridgehead atoms. The number of carbonyl (C=O) groups excluding carboxylic acids is 1. The van der Waals surface area contributed by atoms with Crippen molar-refractivity contribution in [2.45, 2.75) is 70.8 Å². The van der Waals surface area contributed by atoms with Gasteiger partial charge in [-0.15, -0.1) is 0 Å². The van der Waals surface area contributed by atoms with Gasteiger partial charge < -0.3 is 5.32 Å². The Kier molecular flexibility index (Phi) is 3.81. The molecule has 2 fully saturated rings. The van der Waals surface area contributed by atoms with Crippen LogP contribution in [0.1, 0.15) is 70.8 Å². The highest BCUT2D eigenvalue weighted by Crippen LogP contribution is 2.48. The molecule has 0 aliphatic heterocycles. The second kappa shape index (κ2) is 5.58. The van der Waals surface area contributed by atoms with E-state index in [0.717, 1.165) is 12.2 Å². The average Bonchev–Trinajstić information content (AvgIpc) is 3.02. The second-order valence-corrected chi connectivity index (χ2v) is 6.81. The summed E-state index contributed by atoms with van der Waals surface area (Å²) in [7, 11) is 0. The van der Waals surface area contributed by atoms with Crippen LogP contribution in [0.25, 0.3) is 0 Å². The van der Waals surface area contributed by atoms with Gasteiger partial charge in [0.2, 0.25) is 5.91 Å². The summed E-state index contributed by atoms with van der Waals surface area (Å²) < 4.78 is 2.02. The summed E-state index contributed by atoms with van der Waals surface area (Å²) in [5.74, 6) is 1.01. The molecule has 0 saturated heterocycles. The van der Waals surface area contributed by atoms with Gasteiger partial charge in [-0.2, -0.15) is 5.10 Å². The maximum atomic E-state index is 12.1. The van der Waals surface area contributed by atoms with Crippen LogP contribution in [-0.2, 0) is 4.79 Å². The Bertz CT molecular complexity index is 470. The fourth-order valence-electron chi connectivity index (χ4n) is 3.11. The van der Waals surface area contributed by atoms with Crippen molar-refractivity contribution in [1.29, 1.82) is 0 Å². The molecule has 2 aliphatic rings. The third kappa shape index (κ3) is 3.22. The van der Waals surface area contributed by atoms with Crippen LogP contribution >= 0.6 is 0 Å². The molecule has 3 rings (SSSR count). The van der Waals surface area contributed by atoms with Crippen molar-refractivity contribution < 1.29 is 4.79 Å². The van der Waals surface area contributed by atoms with E-state index in [1.807, 2.05) is 10.7 Å². The molecule has 1 heterocycles. The summed E-state index contributed by atoms with van der Waals surface area (Å²) in [6.45, 7) is 2.27. The lowest BCUT2D eigenvalue weighted by Gasteiger charge is -2.24. The Morgan fingerprint density at radius 1 is 1.40 bits per heavy atom. The largest absolute Gasteiger partial charge is 0.311 e. The van der Waals surface area contributed by atoms with Gasteiger partial charge in [0, 0.05) is 12.5 Å². The first-order valence-electron chi connectivity index (χ1n) is 8.00. The molecule has 1 aromatic rings. The molecular weight excluding hydrogens is 250 g/mol. The van der Waals surface area contributed by atoms with Crippen LogP contribution in [0.3, 0.4) is 0 Å². The number of anilines is 1. The number of aromatic nitrogens is 2. The Balaban J connectivity index is 1.56. The van der Waals surface area contributed by atoms with Crippen LogP contribution < -0.4 is 5.32 Å². The van der Waals surface area contributed by atoms with Gasteiger partial charge in [0.05, 0.1) is 12.2 Å². The number of nitrogens with one attached hydrogen (secondary N) is 1. The molecule has 0 atom stereocenters. The monoisotopic (exact) mass is 275 g/mol. The molecular formula is C16H25N3O. The molecule has 0 spiro atoms. The van der Waals surface area contributed by atoms with Crippen LogP contribution in [0.4, 0.5) is 5.82 Å². The summed E-state index contributed by atoms with van der Waals surface area (Å²) in [5, 5.41) is 7.47. The molecule has 0 radical (unpaired) electrons. The predicted molar refractivity (Wildman–Crippen MR) is 79.6 cm³/mol. The lowest BCUT2D eigenvalue weighted by molar-refractivity contribution is -0.116. The van der Waals surface area contributed by atoms with Crippen LogP contribution in [0.15, 0.2) is 12.3 Å². The number of nitrogens with zero attached hydrogens (tertiary/aromatic N) is 2. The van der Waals surface area contributed by atoms with E-state index in [0.29, 0.717) is 17.9 Å². The smallest absolute Gasteiger partial charge is 0.225 e. The van der Waals surface area contributed by atoms with Crippen molar-refractivity contribution in [1.82, 2.24) is 9.78 Å². The molecule has 0 unspecified atom stereocenters. The van der Waals surface area contributed by atoms with E-state index in [4.69, 9.17) is 0 Å². The number of carbonyl (C=O) groups is 1. The number of amides is 1. The summed E-state index contributed by atoms with van der Waals surface area (Å²) in [5.41, 5.74) is 0.445. The normalized spacial score (nSPS) is 21.6. The minimum Gasteiger partial charge on any atom is -0.311 e. The molecule has 2 aliphatic carbocycles. The Morgan fingerprint density at radius 3 is 2.85 bits per heavy atom. The fourth-order valence-corrected chi connectivity index (χ4v) is 3.11. The molecule has 4 heteroatoms. The first-order chi connectivity index (χ1) is 9.66. The van der Waals surface area contributed by atoms with Crippen LogP contribution in [0.2, 0.25) is 0 Å². The van der Waals surface area contributed by atoms with Crippen LogP contribution in [0.5, 0.6) is 0 Å². The minimum atomic E-state index is 0.135. The highest BCUT2D eigenvalue weighted by molar-refractivity contribution is 5.89. The SMILES string of the molecule is CC1(CCC(=O)Nc2ccnn2C2CCCCC2)CC1. The highest BCUT2D eigenvalue weighted by atomic mass is 16.1. The lowest BCUT2D eigenvalue weighted by atomic mass is 9.96. The van der Waals surface area contributed by atoms with Crippen molar-refractivity contribution in [3.05, 3.63) is 12.3 Å². The molecule has 0 aromatic carbocycles. The highest BCUT2D eigenvalue weighted by Gasteiger charge is 2.37. The Labute approximate surface area is 120 Å². The molecule has 110 valence electrons. The maximum Gasteiger partial charge on any atom is 0.225 e. The molecule has 4 nitrogen and oxygen atoms in total. The fraction of sp³-hybridized carbons (Fsp3) is 0.750. The van der Waals surface area contributed by atoms with Crippen molar-refractivity contribution in [2.75, 3.05) is 5.32 Å². The molecule has 2 saturated carbocycles. The molecule has 1 aromatic heterocycles. The Morgan fingerprint density at radius 2 is 2.15 bits per heavy atom. The van der Waals surface area contributed by atoms with Crippen molar-refractivity contribution in [2.24, 2.45) is 5.41 Å². The summed E-state index contributed by atoms with van der Waals surface area (Å²) >= 11 is 0. The third-order valence-electron chi connectivity index (χ3n) is 4.92. The van der Waals surface area contributed by atoms with Crippen molar-refractivity contribution in [3.63, 3.8) is 0 Å². The lowest BCUT2D eigenvalue weighted by Crippen LogP contribution is -2.20. The zero-order chi connectivity index (χ0) is 14.0. The quantitative estimate of drug-likeness (QED) is 0.885. The summed E-state index contributed by atoms with van der Waals surface area (Å²) in [6.07, 6.45) is 12.2. The van der Waals surface area contributed by atoms with Gasteiger partial charge in [0.1, 0.15) is 5.82 Å². The number of hydrogen-bond acceptors (Lipinski definition) is 2. The summed E-state index contributed by atoms with van der Waals surface area (Å²) in [6, 6.07) is 2.39. The first-order valence-corrected chi connectivity index (χ1v) is 8.00. The van der Waals surface area contributed by atoms with E-state index in [-0.39, 0.29) is 5.91 Å². The zero-order valence-corrected chi connectivity index (χ0v) is 12.4. The van der Waals surface area contributed by atoms with Crippen LogP contribution in [-0.4, -0.2) is 15.7 Å². The number of rotatable bonds is 5. The number of hydrogen-bond donors (Lipinski definition) is 1. The van der Waals surface area contributed by atoms with E-state index in [2.05, 4.69) is 17.3 Å². The summed E-state index contributed by atoms with van der Waals surface area (Å²) in [4.78, 5) is 12.1. The van der Waals surface area contributed by atoms with E-state index in [1.165, 1.54) is 44.9 Å². The van der Waals surface area contributed by atoms with E-state index in [9.17, 15) is 4.79 Å². The molecule has 1 N–H and O–H groups in total. The van der Waals surface area contributed by atoms with Gasteiger partial charge in [0.15, 0.2) is 0 Å². The van der Waals surface area contributed by atoms with Gasteiger partial charge >= 0.3 is 0 Å². The average molecular weight is 275 g/mol. The van der Waals surface area contributed by atoms with Crippen molar-refractivity contribution >= 4 is 11.7 Å². The van der Waals surface area contributed by atoms with Gasteiger partial charge in [-0.05, 0) is 37.5 Å². The molecule has 1 amide bonds. The van der Waals surface area contributed by atoms with E-state index < -0.39 is 0 Å². The van der Waals surface area contributed by atoms with E-state index >= 15 is 0 Å². The van der Waals surface area contributed by atoms with Crippen molar-refractivity contribution in [3.8, 4) is 0 Å². The van der Waals surface area contributed by atoms with Gasteiger partial charge in [-0.1, -0.05) is 26.2 Å². The minimum absolute atomic E-state index is 0.135. The van der Waals surface area contributed by atoms with Gasteiger partial charge in [-0.25, -0.2) is 4.68 Å². The Hall–Kier alpha value is -1.32. The predicted octanol–water partition coefficient (Wildman–Crippen LogP) is 3.91. The molecule has 20 heavy (non-hydrogen) atoms. The van der Waals surface area contributed by atoms with Gasteiger partial charge in [-0.3, -0.25) is 4.79 Å². The first kappa shape index (κ1) is 13.7. The zero-order valence-electron chi connectivity index (χ0n) is 12.4. The second-order valence-electron chi connectivity index (χ2n) is 6.81. The van der Waals surface area contributed by atoms with Crippen LogP contribution in [0, 0.1) is 5.41 Å².